The van der Waals surface area contributed by atoms with E-state index in [0.29, 0.717) is 0 Å². The van der Waals surface area contributed by atoms with E-state index >= 15 is 0 Å². The van der Waals surface area contributed by atoms with Gasteiger partial charge >= 0.3 is 0 Å². The third kappa shape index (κ3) is 7.00. The van der Waals surface area contributed by atoms with E-state index in [9.17, 15) is 0 Å². The van der Waals surface area contributed by atoms with Gasteiger partial charge in [0.15, 0.2) is 0 Å². The van der Waals surface area contributed by atoms with Gasteiger partial charge in [0.1, 0.15) is 0 Å². The van der Waals surface area contributed by atoms with E-state index in [2.05, 4.69) is 241 Å². The summed E-state index contributed by atoms with van der Waals surface area (Å²) in [5.74, 6) is 0. The largest absolute Gasteiger partial charge is 0.310 e. The first-order chi connectivity index (χ1) is 27.3. The van der Waals surface area contributed by atoms with E-state index in [1.54, 1.807) is 0 Å². The van der Waals surface area contributed by atoms with Crippen molar-refractivity contribution in [2.75, 3.05) is 4.90 Å². The lowest BCUT2D eigenvalue weighted by molar-refractivity contribution is 1.28. The van der Waals surface area contributed by atoms with Crippen molar-refractivity contribution in [3.05, 3.63) is 237 Å². The zero-order valence-electron chi connectivity index (χ0n) is 30.5. The summed E-state index contributed by atoms with van der Waals surface area (Å²) in [6, 6.07) is 85.1. The summed E-state index contributed by atoms with van der Waals surface area (Å²) in [6.45, 7) is 0. The van der Waals surface area contributed by atoms with Crippen molar-refractivity contribution in [2.24, 2.45) is 0 Å². The second-order valence-corrected chi connectivity index (χ2v) is 13.7. The summed E-state index contributed by atoms with van der Waals surface area (Å²) in [5, 5.41) is 0. The standard InChI is InChI=1S/C54H39N/c1-7-20-40(21-8-1)45-34-35-50(42-24-11-3-12-25-42)53(39-45)55(48-31-17-6-18-32-48)49-33-19-30-46(36-49)54-51(43-26-13-4-14-27-43)37-47(41-22-9-2-10-23-41)38-52(54)44-28-15-5-16-29-44/h1-39H. The molecule has 9 rings (SSSR count). The monoisotopic (exact) mass is 701 g/mol. The summed E-state index contributed by atoms with van der Waals surface area (Å²) >= 11 is 0. The van der Waals surface area contributed by atoms with Crippen LogP contribution >= 0.6 is 0 Å². The molecule has 0 fully saturated rings. The molecule has 0 heterocycles. The van der Waals surface area contributed by atoms with E-state index in [-0.39, 0.29) is 0 Å². The van der Waals surface area contributed by atoms with Crippen LogP contribution in [0.2, 0.25) is 0 Å². The average Bonchev–Trinajstić information content (AvgIpc) is 3.28. The predicted molar refractivity (Wildman–Crippen MR) is 234 cm³/mol. The van der Waals surface area contributed by atoms with Gasteiger partial charge in [0.2, 0.25) is 0 Å². The Hall–Kier alpha value is -7.22. The molecular formula is C54H39N. The first-order valence-corrected chi connectivity index (χ1v) is 18.8. The van der Waals surface area contributed by atoms with Crippen molar-refractivity contribution in [1.82, 2.24) is 0 Å². The number of hydrogen-bond acceptors (Lipinski definition) is 1. The van der Waals surface area contributed by atoms with Crippen LogP contribution in [0.1, 0.15) is 0 Å². The zero-order chi connectivity index (χ0) is 36.8. The summed E-state index contributed by atoms with van der Waals surface area (Å²) in [5.41, 5.74) is 17.5. The van der Waals surface area contributed by atoms with Gasteiger partial charge in [-0.15, -0.1) is 0 Å². The van der Waals surface area contributed by atoms with Gasteiger partial charge < -0.3 is 4.90 Å². The van der Waals surface area contributed by atoms with Crippen LogP contribution in [0.4, 0.5) is 17.1 Å². The van der Waals surface area contributed by atoms with E-state index in [1.165, 1.54) is 55.6 Å². The van der Waals surface area contributed by atoms with Crippen LogP contribution in [0, 0.1) is 0 Å². The molecule has 0 spiro atoms. The molecule has 9 aromatic carbocycles. The Morgan fingerprint density at radius 1 is 0.218 bits per heavy atom. The van der Waals surface area contributed by atoms with Crippen molar-refractivity contribution in [3.8, 4) is 66.8 Å². The summed E-state index contributed by atoms with van der Waals surface area (Å²) in [4.78, 5) is 2.42. The predicted octanol–water partition coefficient (Wildman–Crippen LogP) is 15.2. The normalized spacial score (nSPS) is 10.9. The summed E-state index contributed by atoms with van der Waals surface area (Å²) in [7, 11) is 0. The SMILES string of the molecule is c1ccc(-c2cc(-c3ccccc3)c(-c3cccc(N(c4ccccc4)c4cc(-c5ccccc5)ccc4-c4ccccc4)c3)c(-c3ccccc3)c2)cc1. The highest BCUT2D eigenvalue weighted by Gasteiger charge is 2.22. The summed E-state index contributed by atoms with van der Waals surface area (Å²) < 4.78 is 0. The minimum Gasteiger partial charge on any atom is -0.310 e. The minimum absolute atomic E-state index is 1.08. The maximum absolute atomic E-state index is 2.42. The smallest absolute Gasteiger partial charge is 0.0546 e. The molecule has 260 valence electrons. The van der Waals surface area contributed by atoms with E-state index in [1.807, 2.05) is 0 Å². The first-order valence-electron chi connectivity index (χ1n) is 18.8. The Labute approximate surface area is 324 Å². The van der Waals surface area contributed by atoms with Crippen LogP contribution in [0.25, 0.3) is 66.8 Å². The Bertz CT molecular complexity index is 2590. The molecular weight excluding hydrogens is 663 g/mol. The Morgan fingerprint density at radius 2 is 0.618 bits per heavy atom. The fourth-order valence-electron chi connectivity index (χ4n) is 7.63. The maximum atomic E-state index is 2.42. The molecule has 0 atom stereocenters. The Balaban J connectivity index is 1.31. The van der Waals surface area contributed by atoms with Gasteiger partial charge in [-0.1, -0.05) is 194 Å². The Kier molecular flexibility index (Phi) is 9.41. The fraction of sp³-hybridized carbons (Fsp3) is 0. The lowest BCUT2D eigenvalue weighted by Gasteiger charge is -2.29. The zero-order valence-corrected chi connectivity index (χ0v) is 30.5. The molecule has 0 aliphatic rings. The van der Waals surface area contributed by atoms with Crippen LogP contribution in [0.15, 0.2) is 237 Å². The highest BCUT2D eigenvalue weighted by Crippen LogP contribution is 2.47. The molecule has 9 aromatic rings. The number of nitrogens with zero attached hydrogens (tertiary/aromatic N) is 1. The number of anilines is 3. The quantitative estimate of drug-likeness (QED) is 0.145. The van der Waals surface area contributed by atoms with Gasteiger partial charge in [0.05, 0.1) is 5.69 Å². The van der Waals surface area contributed by atoms with Gasteiger partial charge in [-0.05, 0) is 104 Å². The van der Waals surface area contributed by atoms with Gasteiger partial charge in [-0.25, -0.2) is 0 Å². The lowest BCUT2D eigenvalue weighted by atomic mass is 9.84. The number of para-hydroxylation sites is 1. The van der Waals surface area contributed by atoms with Gasteiger partial charge in [-0.3, -0.25) is 0 Å². The fourth-order valence-corrected chi connectivity index (χ4v) is 7.63. The molecule has 0 saturated heterocycles. The molecule has 0 aliphatic heterocycles. The van der Waals surface area contributed by atoms with Crippen molar-refractivity contribution >= 4 is 17.1 Å². The van der Waals surface area contributed by atoms with Gasteiger partial charge in [-0.2, -0.15) is 0 Å². The molecule has 0 aromatic heterocycles. The van der Waals surface area contributed by atoms with E-state index < -0.39 is 0 Å². The van der Waals surface area contributed by atoms with Crippen molar-refractivity contribution in [3.63, 3.8) is 0 Å². The lowest BCUT2D eigenvalue weighted by Crippen LogP contribution is -2.11. The van der Waals surface area contributed by atoms with Crippen molar-refractivity contribution in [2.45, 2.75) is 0 Å². The molecule has 1 heteroatoms. The van der Waals surface area contributed by atoms with Crippen LogP contribution < -0.4 is 4.90 Å². The van der Waals surface area contributed by atoms with Crippen LogP contribution in [0.3, 0.4) is 0 Å². The number of hydrogen-bond donors (Lipinski definition) is 0. The third-order valence-corrected chi connectivity index (χ3v) is 10.3. The molecule has 1 nitrogen and oxygen atoms in total. The molecule has 0 saturated carbocycles. The highest BCUT2D eigenvalue weighted by atomic mass is 15.1. The van der Waals surface area contributed by atoms with Crippen LogP contribution in [-0.4, -0.2) is 0 Å². The van der Waals surface area contributed by atoms with E-state index in [4.69, 9.17) is 0 Å². The van der Waals surface area contributed by atoms with E-state index in [0.717, 1.165) is 28.2 Å². The third-order valence-electron chi connectivity index (χ3n) is 10.3. The Morgan fingerprint density at radius 3 is 1.13 bits per heavy atom. The van der Waals surface area contributed by atoms with Crippen LogP contribution in [-0.2, 0) is 0 Å². The average molecular weight is 702 g/mol. The van der Waals surface area contributed by atoms with Gasteiger partial charge in [0.25, 0.3) is 0 Å². The van der Waals surface area contributed by atoms with Crippen molar-refractivity contribution < 1.29 is 0 Å². The van der Waals surface area contributed by atoms with Gasteiger partial charge in [0, 0.05) is 16.9 Å². The maximum Gasteiger partial charge on any atom is 0.0546 e. The molecule has 0 amide bonds. The minimum atomic E-state index is 1.08. The molecule has 0 N–H and O–H groups in total. The van der Waals surface area contributed by atoms with Crippen LogP contribution in [0.5, 0.6) is 0 Å². The molecule has 0 unspecified atom stereocenters. The van der Waals surface area contributed by atoms with Crippen molar-refractivity contribution in [1.29, 1.82) is 0 Å². The molecule has 0 bridgehead atoms. The highest BCUT2D eigenvalue weighted by molar-refractivity contribution is 5.99. The number of rotatable bonds is 9. The topological polar surface area (TPSA) is 3.24 Å². The second kappa shape index (κ2) is 15.4. The number of benzene rings is 9. The first kappa shape index (κ1) is 33.6. The second-order valence-electron chi connectivity index (χ2n) is 13.7. The molecule has 55 heavy (non-hydrogen) atoms. The molecule has 0 aliphatic carbocycles. The summed E-state index contributed by atoms with van der Waals surface area (Å²) in [6.07, 6.45) is 0. The molecule has 0 radical (unpaired) electrons.